The van der Waals surface area contributed by atoms with Crippen molar-refractivity contribution in [1.29, 1.82) is 0 Å². The fourth-order valence-corrected chi connectivity index (χ4v) is 6.48. The van der Waals surface area contributed by atoms with E-state index in [1.165, 1.54) is 161 Å². The fraction of sp³-hybridized carbons (Fsp3) is 0.822. The summed E-state index contributed by atoms with van der Waals surface area (Å²) in [6.07, 6.45) is 49.9. The molecule has 49 heavy (non-hydrogen) atoms. The van der Waals surface area contributed by atoms with Crippen LogP contribution in [0, 0.1) is 0 Å². The highest BCUT2D eigenvalue weighted by Gasteiger charge is 2.20. The summed E-state index contributed by atoms with van der Waals surface area (Å²) in [4.78, 5) is 5.15. The number of ether oxygens (including phenoxy) is 2. The third-order valence-corrected chi connectivity index (χ3v) is 9.87. The van der Waals surface area contributed by atoms with Gasteiger partial charge in [-0.2, -0.15) is 0 Å². The molecule has 0 bridgehead atoms. The topological polar surface area (TPSA) is 24.9 Å². The number of rotatable bonds is 36. The van der Waals surface area contributed by atoms with Gasteiger partial charge >= 0.3 is 0 Å². The largest absolute Gasteiger partial charge is 0.379 e. The van der Waals surface area contributed by atoms with Crippen molar-refractivity contribution >= 4 is 0 Å². The molecule has 0 spiro atoms. The first-order valence-corrected chi connectivity index (χ1v) is 21.5. The summed E-state index contributed by atoms with van der Waals surface area (Å²) in [7, 11) is 0. The summed E-state index contributed by atoms with van der Waals surface area (Å²) in [5, 5.41) is 0. The van der Waals surface area contributed by atoms with Crippen molar-refractivity contribution in [2.75, 3.05) is 59.1 Å². The number of hydrogen-bond acceptors (Lipinski definition) is 4. The van der Waals surface area contributed by atoms with Gasteiger partial charge in [-0.25, -0.2) is 0 Å². The number of hydrogen-bond donors (Lipinski definition) is 0. The smallest absolute Gasteiger partial charge is 0.0934 e. The van der Waals surface area contributed by atoms with Gasteiger partial charge in [-0.3, -0.25) is 4.90 Å². The van der Waals surface area contributed by atoms with E-state index in [4.69, 9.17) is 9.47 Å². The molecule has 1 fully saturated rings. The SMILES string of the molecule is CCCCCC=CCC=CCCCCCCCCOCC(CN1CCN(CC)CC1)OCCCCCCCCC=CCC=CCCCCC. The van der Waals surface area contributed by atoms with Gasteiger partial charge in [0.15, 0.2) is 0 Å². The molecule has 0 radical (unpaired) electrons. The highest BCUT2D eigenvalue weighted by Crippen LogP contribution is 2.12. The van der Waals surface area contributed by atoms with Gasteiger partial charge in [-0.15, -0.1) is 0 Å². The predicted molar refractivity (Wildman–Crippen MR) is 218 cm³/mol. The van der Waals surface area contributed by atoms with Crippen LogP contribution in [0.1, 0.15) is 175 Å². The highest BCUT2D eigenvalue weighted by atomic mass is 16.5. The Hall–Kier alpha value is -1.20. The lowest BCUT2D eigenvalue weighted by molar-refractivity contribution is -0.0395. The average molecular weight is 685 g/mol. The minimum Gasteiger partial charge on any atom is -0.379 e. The zero-order chi connectivity index (χ0) is 35.1. The summed E-state index contributed by atoms with van der Waals surface area (Å²) < 4.78 is 12.6. The van der Waals surface area contributed by atoms with Crippen molar-refractivity contribution in [1.82, 2.24) is 9.80 Å². The molecular weight excluding hydrogens is 601 g/mol. The molecule has 0 aromatic heterocycles. The summed E-state index contributed by atoms with van der Waals surface area (Å²) in [5.74, 6) is 0. The van der Waals surface area contributed by atoms with E-state index in [-0.39, 0.29) is 6.10 Å². The fourth-order valence-electron chi connectivity index (χ4n) is 6.48. The second-order valence-corrected chi connectivity index (χ2v) is 14.5. The van der Waals surface area contributed by atoms with E-state index < -0.39 is 0 Å². The molecule has 1 heterocycles. The molecule has 0 aromatic rings. The van der Waals surface area contributed by atoms with Gasteiger partial charge in [0.05, 0.1) is 12.7 Å². The van der Waals surface area contributed by atoms with Crippen LogP contribution in [0.25, 0.3) is 0 Å². The Morgan fingerprint density at radius 2 is 0.857 bits per heavy atom. The molecule has 0 aliphatic carbocycles. The molecule has 1 aliphatic rings. The molecule has 1 rings (SSSR count). The van der Waals surface area contributed by atoms with Gasteiger partial charge in [0.2, 0.25) is 0 Å². The Balaban J connectivity index is 2.08. The maximum Gasteiger partial charge on any atom is 0.0934 e. The van der Waals surface area contributed by atoms with Crippen molar-refractivity contribution in [3.05, 3.63) is 48.6 Å². The maximum absolute atomic E-state index is 6.45. The van der Waals surface area contributed by atoms with E-state index in [0.717, 1.165) is 52.3 Å². The first kappa shape index (κ1) is 45.8. The zero-order valence-corrected chi connectivity index (χ0v) is 33.2. The van der Waals surface area contributed by atoms with Crippen molar-refractivity contribution in [3.8, 4) is 0 Å². The molecule has 1 atom stereocenters. The Morgan fingerprint density at radius 1 is 0.449 bits per heavy atom. The lowest BCUT2D eigenvalue weighted by Crippen LogP contribution is -2.49. The molecule has 0 amide bonds. The first-order chi connectivity index (χ1) is 24.3. The number of unbranched alkanes of at least 4 members (excludes halogenated alkanes) is 18. The third-order valence-electron chi connectivity index (χ3n) is 9.87. The van der Waals surface area contributed by atoms with E-state index in [1.54, 1.807) is 0 Å². The zero-order valence-electron chi connectivity index (χ0n) is 33.2. The van der Waals surface area contributed by atoms with Gasteiger partial charge in [-0.1, -0.05) is 146 Å². The van der Waals surface area contributed by atoms with Crippen LogP contribution in [0.3, 0.4) is 0 Å². The molecule has 0 aromatic carbocycles. The molecule has 286 valence electrons. The summed E-state index contributed by atoms with van der Waals surface area (Å²) >= 11 is 0. The number of allylic oxidation sites excluding steroid dienone is 8. The van der Waals surface area contributed by atoms with E-state index >= 15 is 0 Å². The quantitative estimate of drug-likeness (QED) is 0.0484. The number of likely N-dealkylation sites (N-methyl/N-ethyl adjacent to an activating group) is 1. The average Bonchev–Trinajstić information content (AvgIpc) is 3.12. The van der Waals surface area contributed by atoms with E-state index in [9.17, 15) is 0 Å². The Bertz CT molecular complexity index is 768. The number of nitrogens with zero attached hydrogens (tertiary/aromatic N) is 2. The summed E-state index contributed by atoms with van der Waals surface area (Å²) in [6.45, 7) is 16.2. The van der Waals surface area contributed by atoms with Gasteiger partial charge in [0, 0.05) is 45.9 Å². The van der Waals surface area contributed by atoms with Crippen LogP contribution in [-0.4, -0.2) is 75.0 Å². The van der Waals surface area contributed by atoms with Crippen LogP contribution in [0.2, 0.25) is 0 Å². The lowest BCUT2D eigenvalue weighted by Gasteiger charge is -2.35. The lowest BCUT2D eigenvalue weighted by atomic mass is 10.1. The predicted octanol–water partition coefficient (Wildman–Crippen LogP) is 12.7. The standard InChI is InChI=1S/C45H84N2O2/c1-4-7-9-11-13-15-17-19-21-23-25-27-29-31-33-35-41-48-44-45(43-47-39-37-46(6-3)38-40-47)49-42-36-34-32-30-28-26-24-22-20-18-16-14-12-10-8-5-2/h13-16,19-22,45H,4-12,17-18,23-44H2,1-3H3. The van der Waals surface area contributed by atoms with Gasteiger partial charge in [0.1, 0.15) is 0 Å². The van der Waals surface area contributed by atoms with Gasteiger partial charge in [0.25, 0.3) is 0 Å². The molecule has 4 nitrogen and oxygen atoms in total. The molecular formula is C45H84N2O2. The molecule has 1 unspecified atom stereocenters. The molecule has 4 heteroatoms. The normalized spacial score (nSPS) is 15.7. The molecule has 0 N–H and O–H groups in total. The van der Waals surface area contributed by atoms with Crippen molar-refractivity contribution in [3.63, 3.8) is 0 Å². The minimum atomic E-state index is 0.204. The second-order valence-electron chi connectivity index (χ2n) is 14.5. The van der Waals surface area contributed by atoms with Crippen LogP contribution < -0.4 is 0 Å². The van der Waals surface area contributed by atoms with Crippen LogP contribution >= 0.6 is 0 Å². The highest BCUT2D eigenvalue weighted by molar-refractivity contribution is 4.93. The first-order valence-electron chi connectivity index (χ1n) is 21.5. The minimum absolute atomic E-state index is 0.204. The van der Waals surface area contributed by atoms with Crippen LogP contribution in [0.5, 0.6) is 0 Å². The van der Waals surface area contributed by atoms with E-state index in [1.807, 2.05) is 0 Å². The molecule has 1 saturated heterocycles. The Kier molecular flexibility index (Phi) is 35.6. The second kappa shape index (κ2) is 38.0. The summed E-state index contributed by atoms with van der Waals surface area (Å²) in [6, 6.07) is 0. The van der Waals surface area contributed by atoms with Crippen LogP contribution in [0.4, 0.5) is 0 Å². The van der Waals surface area contributed by atoms with Crippen molar-refractivity contribution in [2.45, 2.75) is 181 Å². The Labute approximate surface area is 307 Å². The van der Waals surface area contributed by atoms with Crippen molar-refractivity contribution in [2.24, 2.45) is 0 Å². The molecule has 1 aliphatic heterocycles. The van der Waals surface area contributed by atoms with E-state index in [0.29, 0.717) is 0 Å². The Morgan fingerprint density at radius 3 is 1.33 bits per heavy atom. The molecule has 0 saturated carbocycles. The van der Waals surface area contributed by atoms with E-state index in [2.05, 4.69) is 79.2 Å². The monoisotopic (exact) mass is 685 g/mol. The number of piperazine rings is 1. The van der Waals surface area contributed by atoms with Crippen molar-refractivity contribution < 1.29 is 9.47 Å². The van der Waals surface area contributed by atoms with Crippen LogP contribution in [0.15, 0.2) is 48.6 Å². The van der Waals surface area contributed by atoms with Crippen LogP contribution in [-0.2, 0) is 9.47 Å². The van der Waals surface area contributed by atoms with Gasteiger partial charge < -0.3 is 14.4 Å². The maximum atomic E-state index is 6.45. The summed E-state index contributed by atoms with van der Waals surface area (Å²) in [5.41, 5.74) is 0. The third kappa shape index (κ3) is 32.5. The van der Waals surface area contributed by atoms with Gasteiger partial charge in [-0.05, 0) is 83.6 Å².